The van der Waals surface area contributed by atoms with Crippen molar-refractivity contribution in [1.82, 2.24) is 5.32 Å². The van der Waals surface area contributed by atoms with Gasteiger partial charge in [-0.3, -0.25) is 0 Å². The SMILES string of the molecule is Cc1oc(CNC(C)C)cc1COCCC(C)C. The lowest BCUT2D eigenvalue weighted by Gasteiger charge is -2.05. The Kier molecular flexibility index (Phi) is 6.44. The van der Waals surface area contributed by atoms with Crippen LogP contribution in [0.5, 0.6) is 0 Å². The molecule has 0 aromatic carbocycles. The highest BCUT2D eigenvalue weighted by Gasteiger charge is 2.08. The fourth-order valence-electron chi connectivity index (χ4n) is 1.62. The van der Waals surface area contributed by atoms with Crippen molar-refractivity contribution in [2.45, 2.75) is 60.2 Å². The van der Waals surface area contributed by atoms with Gasteiger partial charge in [0.05, 0.1) is 13.2 Å². The van der Waals surface area contributed by atoms with Crippen LogP contribution in [-0.2, 0) is 17.9 Å². The van der Waals surface area contributed by atoms with Crippen molar-refractivity contribution in [3.63, 3.8) is 0 Å². The standard InChI is InChI=1S/C15H27NO2/c1-11(2)6-7-17-10-14-8-15(18-13(14)5)9-16-12(3)4/h8,11-12,16H,6-7,9-10H2,1-5H3. The number of ether oxygens (including phenoxy) is 1. The molecule has 0 aliphatic rings. The fourth-order valence-corrected chi connectivity index (χ4v) is 1.62. The molecule has 0 radical (unpaired) electrons. The van der Waals surface area contributed by atoms with Crippen molar-refractivity contribution in [1.29, 1.82) is 0 Å². The van der Waals surface area contributed by atoms with Gasteiger partial charge in [0.15, 0.2) is 0 Å². The number of aryl methyl sites for hydroxylation is 1. The van der Waals surface area contributed by atoms with Crippen molar-refractivity contribution in [2.24, 2.45) is 5.92 Å². The van der Waals surface area contributed by atoms with E-state index in [9.17, 15) is 0 Å². The average Bonchev–Trinajstić information content (AvgIpc) is 2.63. The molecule has 18 heavy (non-hydrogen) atoms. The molecule has 0 amide bonds. The van der Waals surface area contributed by atoms with Gasteiger partial charge in [0, 0.05) is 18.2 Å². The second-order valence-electron chi connectivity index (χ2n) is 5.56. The highest BCUT2D eigenvalue weighted by molar-refractivity contribution is 5.19. The van der Waals surface area contributed by atoms with E-state index in [1.807, 2.05) is 6.92 Å². The highest BCUT2D eigenvalue weighted by Crippen LogP contribution is 2.16. The lowest BCUT2D eigenvalue weighted by molar-refractivity contribution is 0.110. The van der Waals surface area contributed by atoms with Crippen LogP contribution in [0, 0.1) is 12.8 Å². The Balaban J connectivity index is 2.36. The van der Waals surface area contributed by atoms with E-state index < -0.39 is 0 Å². The second kappa shape index (κ2) is 7.59. The van der Waals surface area contributed by atoms with Crippen molar-refractivity contribution in [2.75, 3.05) is 6.61 Å². The molecule has 0 aliphatic carbocycles. The topological polar surface area (TPSA) is 34.4 Å². The van der Waals surface area contributed by atoms with Gasteiger partial charge in [0.1, 0.15) is 11.5 Å². The van der Waals surface area contributed by atoms with Crippen molar-refractivity contribution in [3.8, 4) is 0 Å². The molecule has 3 heteroatoms. The van der Waals surface area contributed by atoms with Gasteiger partial charge in [-0.05, 0) is 25.3 Å². The fraction of sp³-hybridized carbons (Fsp3) is 0.733. The molecule has 0 saturated heterocycles. The molecule has 1 aromatic rings. The Labute approximate surface area is 111 Å². The minimum Gasteiger partial charge on any atom is -0.465 e. The van der Waals surface area contributed by atoms with Crippen LogP contribution in [0.2, 0.25) is 0 Å². The van der Waals surface area contributed by atoms with Gasteiger partial charge >= 0.3 is 0 Å². The van der Waals surface area contributed by atoms with E-state index in [0.717, 1.165) is 31.1 Å². The summed E-state index contributed by atoms with van der Waals surface area (Å²) < 4.78 is 11.4. The first-order valence-electron chi connectivity index (χ1n) is 6.88. The summed E-state index contributed by atoms with van der Waals surface area (Å²) in [7, 11) is 0. The largest absolute Gasteiger partial charge is 0.465 e. The maximum atomic E-state index is 5.70. The summed E-state index contributed by atoms with van der Waals surface area (Å²) in [5, 5.41) is 3.35. The molecule has 0 spiro atoms. The summed E-state index contributed by atoms with van der Waals surface area (Å²) in [6.07, 6.45) is 1.11. The second-order valence-corrected chi connectivity index (χ2v) is 5.56. The quantitative estimate of drug-likeness (QED) is 0.718. The van der Waals surface area contributed by atoms with Crippen LogP contribution in [0.4, 0.5) is 0 Å². The van der Waals surface area contributed by atoms with Crippen LogP contribution < -0.4 is 5.32 Å². The van der Waals surface area contributed by atoms with Gasteiger partial charge in [-0.1, -0.05) is 27.7 Å². The monoisotopic (exact) mass is 253 g/mol. The average molecular weight is 253 g/mol. The molecule has 0 aliphatic heterocycles. The lowest BCUT2D eigenvalue weighted by Crippen LogP contribution is -2.21. The van der Waals surface area contributed by atoms with Crippen LogP contribution in [0.25, 0.3) is 0 Å². The van der Waals surface area contributed by atoms with E-state index >= 15 is 0 Å². The molecule has 3 nitrogen and oxygen atoms in total. The first-order chi connectivity index (χ1) is 8.49. The summed E-state index contributed by atoms with van der Waals surface area (Å²) >= 11 is 0. The van der Waals surface area contributed by atoms with Crippen LogP contribution in [0.1, 0.15) is 51.2 Å². The minimum absolute atomic E-state index is 0.473. The molecule has 1 aromatic heterocycles. The molecule has 1 heterocycles. The van der Waals surface area contributed by atoms with E-state index in [-0.39, 0.29) is 0 Å². The van der Waals surface area contributed by atoms with Gasteiger partial charge < -0.3 is 14.5 Å². The third-order valence-electron chi connectivity index (χ3n) is 2.85. The highest BCUT2D eigenvalue weighted by atomic mass is 16.5. The van der Waals surface area contributed by atoms with Crippen LogP contribution in [0.3, 0.4) is 0 Å². The number of furan rings is 1. The molecule has 0 unspecified atom stereocenters. The third-order valence-corrected chi connectivity index (χ3v) is 2.85. The molecular formula is C15H27NO2. The van der Waals surface area contributed by atoms with Crippen molar-refractivity contribution in [3.05, 3.63) is 23.2 Å². The minimum atomic E-state index is 0.473. The Bertz CT molecular complexity index is 342. The Morgan fingerprint density at radius 1 is 1.28 bits per heavy atom. The summed E-state index contributed by atoms with van der Waals surface area (Å²) in [6, 6.07) is 2.57. The van der Waals surface area contributed by atoms with E-state index in [1.165, 1.54) is 5.56 Å². The molecule has 0 atom stereocenters. The van der Waals surface area contributed by atoms with Crippen molar-refractivity contribution < 1.29 is 9.15 Å². The van der Waals surface area contributed by atoms with Gasteiger partial charge in [0.2, 0.25) is 0 Å². The number of hydrogen-bond donors (Lipinski definition) is 1. The first kappa shape index (κ1) is 15.3. The number of nitrogens with one attached hydrogen (secondary N) is 1. The van der Waals surface area contributed by atoms with E-state index in [2.05, 4.69) is 39.1 Å². The van der Waals surface area contributed by atoms with Crippen LogP contribution >= 0.6 is 0 Å². The normalized spacial score (nSPS) is 11.7. The number of hydrogen-bond acceptors (Lipinski definition) is 3. The van der Waals surface area contributed by atoms with Gasteiger partial charge in [-0.25, -0.2) is 0 Å². The lowest BCUT2D eigenvalue weighted by atomic mass is 10.1. The predicted octanol–water partition coefficient (Wildman–Crippen LogP) is 3.65. The summed E-state index contributed by atoms with van der Waals surface area (Å²) in [4.78, 5) is 0. The molecular weight excluding hydrogens is 226 g/mol. The molecule has 104 valence electrons. The Morgan fingerprint density at radius 2 is 2.00 bits per heavy atom. The zero-order valence-corrected chi connectivity index (χ0v) is 12.4. The Morgan fingerprint density at radius 3 is 2.61 bits per heavy atom. The van der Waals surface area contributed by atoms with Gasteiger partial charge in [-0.15, -0.1) is 0 Å². The molecule has 0 bridgehead atoms. The molecule has 0 saturated carbocycles. The predicted molar refractivity (Wildman–Crippen MR) is 74.5 cm³/mol. The number of rotatable bonds is 8. The smallest absolute Gasteiger partial charge is 0.118 e. The maximum absolute atomic E-state index is 5.70. The van der Waals surface area contributed by atoms with Gasteiger partial charge in [-0.2, -0.15) is 0 Å². The summed E-state index contributed by atoms with van der Waals surface area (Å²) in [6.45, 7) is 12.9. The Hall–Kier alpha value is -0.800. The summed E-state index contributed by atoms with van der Waals surface area (Å²) in [5.41, 5.74) is 1.17. The zero-order chi connectivity index (χ0) is 13.5. The maximum Gasteiger partial charge on any atom is 0.118 e. The zero-order valence-electron chi connectivity index (χ0n) is 12.4. The molecule has 0 fully saturated rings. The third kappa shape index (κ3) is 5.69. The van der Waals surface area contributed by atoms with E-state index in [1.54, 1.807) is 0 Å². The van der Waals surface area contributed by atoms with Crippen LogP contribution in [0.15, 0.2) is 10.5 Å². The first-order valence-corrected chi connectivity index (χ1v) is 6.88. The van der Waals surface area contributed by atoms with E-state index in [0.29, 0.717) is 18.6 Å². The molecule has 1 N–H and O–H groups in total. The van der Waals surface area contributed by atoms with Crippen LogP contribution in [-0.4, -0.2) is 12.6 Å². The van der Waals surface area contributed by atoms with E-state index in [4.69, 9.17) is 9.15 Å². The summed E-state index contributed by atoms with van der Waals surface area (Å²) in [5.74, 6) is 2.66. The van der Waals surface area contributed by atoms with Gasteiger partial charge in [0.25, 0.3) is 0 Å². The molecule has 1 rings (SSSR count). The van der Waals surface area contributed by atoms with Crippen molar-refractivity contribution >= 4 is 0 Å².